The van der Waals surface area contributed by atoms with E-state index in [1.54, 1.807) is 6.21 Å². The van der Waals surface area contributed by atoms with Gasteiger partial charge >= 0.3 is 6.18 Å². The molecule has 2 aromatic rings. The van der Waals surface area contributed by atoms with Crippen LogP contribution in [0.25, 0.3) is 0 Å². The van der Waals surface area contributed by atoms with Gasteiger partial charge in [0.05, 0.1) is 5.56 Å². The molecule has 1 amide bonds. The molecule has 2 rings (SSSR count). The number of aryl methyl sites for hydroxylation is 1. The molecule has 120 valence electrons. The van der Waals surface area contributed by atoms with Crippen LogP contribution in [0.5, 0.6) is 0 Å². The molecule has 0 heterocycles. The monoisotopic (exact) mass is 320 g/mol. The number of halogens is 3. The van der Waals surface area contributed by atoms with Crippen molar-refractivity contribution >= 4 is 12.1 Å². The van der Waals surface area contributed by atoms with Crippen LogP contribution in [0.2, 0.25) is 0 Å². The summed E-state index contributed by atoms with van der Waals surface area (Å²) in [6.07, 6.45) is -1.41. The fourth-order valence-corrected chi connectivity index (χ4v) is 1.92. The maximum absolute atomic E-state index is 12.4. The van der Waals surface area contributed by atoms with E-state index in [0.717, 1.165) is 36.2 Å². The third kappa shape index (κ3) is 5.25. The quantitative estimate of drug-likeness (QED) is 0.655. The molecule has 23 heavy (non-hydrogen) atoms. The minimum Gasteiger partial charge on any atom is -0.267 e. The van der Waals surface area contributed by atoms with Gasteiger partial charge in [0.1, 0.15) is 0 Å². The average molecular weight is 320 g/mol. The predicted molar refractivity (Wildman–Crippen MR) is 82.2 cm³/mol. The summed E-state index contributed by atoms with van der Waals surface area (Å²) in [7, 11) is 0. The summed E-state index contributed by atoms with van der Waals surface area (Å²) in [5.74, 6) is -0.547. The first-order chi connectivity index (χ1) is 11.0. The molecule has 0 atom stereocenters. The van der Waals surface area contributed by atoms with Crippen LogP contribution in [0, 0.1) is 0 Å². The number of rotatable bonds is 5. The lowest BCUT2D eigenvalue weighted by Crippen LogP contribution is -2.17. The molecular weight excluding hydrogens is 305 g/mol. The van der Waals surface area contributed by atoms with E-state index in [9.17, 15) is 18.0 Å². The van der Waals surface area contributed by atoms with Crippen LogP contribution in [0.3, 0.4) is 0 Å². The molecule has 0 aliphatic heterocycles. The number of hydrogen-bond donors (Lipinski definition) is 1. The van der Waals surface area contributed by atoms with Crippen molar-refractivity contribution in [1.29, 1.82) is 0 Å². The van der Waals surface area contributed by atoms with Gasteiger partial charge in [-0.25, -0.2) is 5.43 Å². The molecule has 0 saturated heterocycles. The van der Waals surface area contributed by atoms with Crippen LogP contribution in [-0.2, 0) is 12.6 Å². The maximum Gasteiger partial charge on any atom is 0.416 e. The molecule has 2 aromatic carbocycles. The van der Waals surface area contributed by atoms with Crippen molar-refractivity contribution in [2.75, 3.05) is 0 Å². The molecule has 0 fully saturated rings. The van der Waals surface area contributed by atoms with Gasteiger partial charge in [-0.2, -0.15) is 18.3 Å². The van der Waals surface area contributed by atoms with Crippen LogP contribution in [0.15, 0.2) is 59.7 Å². The molecule has 0 unspecified atom stereocenters. The van der Waals surface area contributed by atoms with Gasteiger partial charge in [0.25, 0.3) is 5.91 Å². The van der Waals surface area contributed by atoms with Gasteiger partial charge in [-0.1, -0.05) is 30.3 Å². The second kappa shape index (κ2) is 7.58. The van der Waals surface area contributed by atoms with E-state index in [2.05, 4.69) is 10.5 Å². The Kier molecular flexibility index (Phi) is 5.51. The number of hydrogen-bond acceptors (Lipinski definition) is 2. The van der Waals surface area contributed by atoms with Gasteiger partial charge in [-0.3, -0.25) is 4.79 Å². The van der Waals surface area contributed by atoms with Gasteiger partial charge in [-0.05, 0) is 42.7 Å². The highest BCUT2D eigenvalue weighted by atomic mass is 19.4. The number of carbonyl (C=O) groups is 1. The van der Waals surface area contributed by atoms with Crippen LogP contribution < -0.4 is 5.43 Å². The van der Waals surface area contributed by atoms with E-state index >= 15 is 0 Å². The topological polar surface area (TPSA) is 41.5 Å². The molecule has 0 aliphatic rings. The summed E-state index contributed by atoms with van der Waals surface area (Å²) in [5.41, 5.74) is 2.78. The van der Waals surface area contributed by atoms with Crippen molar-refractivity contribution in [3.05, 3.63) is 71.3 Å². The van der Waals surface area contributed by atoms with Crippen molar-refractivity contribution in [3.63, 3.8) is 0 Å². The van der Waals surface area contributed by atoms with Crippen LogP contribution in [0.1, 0.15) is 27.9 Å². The third-order valence-electron chi connectivity index (χ3n) is 3.14. The second-order valence-corrected chi connectivity index (χ2v) is 4.85. The Bertz CT molecular complexity index is 664. The average Bonchev–Trinajstić information content (AvgIpc) is 2.54. The molecular formula is C17H15F3N2O. The van der Waals surface area contributed by atoms with Gasteiger partial charge in [0, 0.05) is 11.8 Å². The minimum absolute atomic E-state index is 0.123. The summed E-state index contributed by atoms with van der Waals surface area (Å²) < 4.78 is 37.3. The zero-order valence-electron chi connectivity index (χ0n) is 12.2. The van der Waals surface area contributed by atoms with Crippen molar-refractivity contribution in [2.24, 2.45) is 5.10 Å². The molecule has 3 nitrogen and oxygen atoms in total. The zero-order chi connectivity index (χ0) is 16.7. The lowest BCUT2D eigenvalue weighted by atomic mass is 10.1. The van der Waals surface area contributed by atoms with E-state index in [4.69, 9.17) is 0 Å². The molecule has 0 aromatic heterocycles. The number of hydrazone groups is 1. The second-order valence-electron chi connectivity index (χ2n) is 4.85. The Morgan fingerprint density at radius 2 is 1.70 bits per heavy atom. The minimum atomic E-state index is -4.41. The van der Waals surface area contributed by atoms with Crippen molar-refractivity contribution in [3.8, 4) is 0 Å². The van der Waals surface area contributed by atoms with E-state index in [-0.39, 0.29) is 5.56 Å². The molecule has 0 saturated carbocycles. The maximum atomic E-state index is 12.4. The number of amides is 1. The summed E-state index contributed by atoms with van der Waals surface area (Å²) in [6.45, 7) is 0. The first kappa shape index (κ1) is 16.7. The Morgan fingerprint density at radius 1 is 1.04 bits per heavy atom. The molecule has 1 N–H and O–H groups in total. The van der Waals surface area contributed by atoms with E-state index in [1.807, 2.05) is 30.3 Å². The van der Waals surface area contributed by atoms with Crippen molar-refractivity contribution in [2.45, 2.75) is 19.0 Å². The van der Waals surface area contributed by atoms with Crippen molar-refractivity contribution in [1.82, 2.24) is 5.43 Å². The smallest absolute Gasteiger partial charge is 0.267 e. The highest BCUT2D eigenvalue weighted by Crippen LogP contribution is 2.29. The number of carbonyl (C=O) groups excluding carboxylic acids is 1. The van der Waals surface area contributed by atoms with Crippen molar-refractivity contribution < 1.29 is 18.0 Å². The van der Waals surface area contributed by atoms with E-state index < -0.39 is 17.6 Å². The summed E-state index contributed by atoms with van der Waals surface area (Å²) in [5, 5.41) is 3.79. The van der Waals surface area contributed by atoms with Gasteiger partial charge in [-0.15, -0.1) is 0 Å². The Hall–Kier alpha value is -2.63. The predicted octanol–water partition coefficient (Wildman–Crippen LogP) is 4.05. The van der Waals surface area contributed by atoms with E-state index in [0.29, 0.717) is 6.42 Å². The number of nitrogens with zero attached hydrogens (tertiary/aromatic N) is 1. The standard InChI is InChI=1S/C17H15F3N2O/c18-17(19,20)15-10-8-14(9-11-15)16(23)22-21-12-4-7-13-5-2-1-3-6-13/h1-3,5-6,8-12H,4,7H2,(H,22,23). The van der Waals surface area contributed by atoms with Crippen LogP contribution >= 0.6 is 0 Å². The van der Waals surface area contributed by atoms with Crippen LogP contribution in [0.4, 0.5) is 13.2 Å². The summed E-state index contributed by atoms with van der Waals surface area (Å²) in [6, 6.07) is 13.8. The van der Waals surface area contributed by atoms with Crippen LogP contribution in [-0.4, -0.2) is 12.1 Å². The third-order valence-corrected chi connectivity index (χ3v) is 3.14. The fraction of sp³-hybridized carbons (Fsp3) is 0.176. The first-order valence-corrected chi connectivity index (χ1v) is 7.00. The molecule has 0 bridgehead atoms. The Labute approximate surface area is 131 Å². The van der Waals surface area contributed by atoms with Gasteiger partial charge < -0.3 is 0 Å². The lowest BCUT2D eigenvalue weighted by Gasteiger charge is -2.06. The Morgan fingerprint density at radius 3 is 2.30 bits per heavy atom. The fourth-order valence-electron chi connectivity index (χ4n) is 1.92. The number of nitrogens with one attached hydrogen (secondary N) is 1. The SMILES string of the molecule is O=C(NN=CCCc1ccccc1)c1ccc(C(F)(F)F)cc1. The van der Waals surface area contributed by atoms with E-state index in [1.165, 1.54) is 0 Å². The van der Waals surface area contributed by atoms with Gasteiger partial charge in [0.2, 0.25) is 0 Å². The zero-order valence-corrected chi connectivity index (χ0v) is 12.2. The molecule has 0 spiro atoms. The summed E-state index contributed by atoms with van der Waals surface area (Å²) >= 11 is 0. The largest absolute Gasteiger partial charge is 0.416 e. The highest BCUT2D eigenvalue weighted by molar-refractivity contribution is 5.94. The molecule has 6 heteroatoms. The highest BCUT2D eigenvalue weighted by Gasteiger charge is 2.30. The molecule has 0 radical (unpaired) electrons. The molecule has 0 aliphatic carbocycles. The normalized spacial score (nSPS) is 11.6. The van der Waals surface area contributed by atoms with Gasteiger partial charge in [0.15, 0.2) is 0 Å². The summed E-state index contributed by atoms with van der Waals surface area (Å²) in [4.78, 5) is 11.7. The lowest BCUT2D eigenvalue weighted by molar-refractivity contribution is -0.137. The number of benzene rings is 2. The Balaban J connectivity index is 1.81. The first-order valence-electron chi connectivity index (χ1n) is 7.00. The number of alkyl halides is 3.